The van der Waals surface area contributed by atoms with E-state index in [4.69, 9.17) is 9.15 Å². The first kappa shape index (κ1) is 17.6. The molecule has 0 bridgehead atoms. The Balaban J connectivity index is 1.84. The fraction of sp³-hybridized carbons (Fsp3) is 0.389. The molecule has 4 nitrogen and oxygen atoms in total. The monoisotopic (exact) mass is 333 g/mol. The van der Waals surface area contributed by atoms with Crippen LogP contribution in [0.3, 0.4) is 0 Å². The largest absolute Gasteiger partial charge is 0.467 e. The molecule has 1 aromatic carbocycles. The molecule has 0 fully saturated rings. The number of nitrogens with zero attached hydrogens (tertiary/aromatic N) is 1. The first-order valence-corrected chi connectivity index (χ1v) is 8.77. The number of benzene rings is 1. The molecule has 1 aromatic heterocycles. The highest BCUT2D eigenvalue weighted by molar-refractivity contribution is 7.99. The normalized spacial score (nSPS) is 10.7. The molecule has 2 aromatic rings. The fourth-order valence-electron chi connectivity index (χ4n) is 2.23. The van der Waals surface area contributed by atoms with Gasteiger partial charge in [0.05, 0.1) is 25.2 Å². The summed E-state index contributed by atoms with van der Waals surface area (Å²) in [6.45, 7) is 3.66. The van der Waals surface area contributed by atoms with Crippen molar-refractivity contribution in [3.05, 3.63) is 59.5 Å². The summed E-state index contributed by atoms with van der Waals surface area (Å²) in [7, 11) is 1.64. The zero-order valence-electron chi connectivity index (χ0n) is 13.7. The predicted molar refractivity (Wildman–Crippen MR) is 93.3 cm³/mol. The zero-order valence-corrected chi connectivity index (χ0v) is 14.5. The third kappa shape index (κ3) is 6.12. The van der Waals surface area contributed by atoms with Crippen molar-refractivity contribution in [1.82, 2.24) is 4.90 Å². The van der Waals surface area contributed by atoms with E-state index in [9.17, 15) is 4.79 Å². The van der Waals surface area contributed by atoms with Gasteiger partial charge in [0.25, 0.3) is 0 Å². The Kier molecular flexibility index (Phi) is 7.23. The van der Waals surface area contributed by atoms with Gasteiger partial charge < -0.3 is 14.1 Å². The number of carbonyl (C=O) groups excluding carboxylic acids is 1. The third-order valence-electron chi connectivity index (χ3n) is 3.42. The van der Waals surface area contributed by atoms with E-state index in [0.717, 1.165) is 11.5 Å². The lowest BCUT2D eigenvalue weighted by atomic mass is 10.2. The molecule has 0 radical (unpaired) electrons. The van der Waals surface area contributed by atoms with Gasteiger partial charge in [0.1, 0.15) is 5.76 Å². The number of methoxy groups -OCH3 is 1. The molecule has 0 saturated carbocycles. The summed E-state index contributed by atoms with van der Waals surface area (Å²) in [6, 6.07) is 12.1. The maximum atomic E-state index is 12.4. The van der Waals surface area contributed by atoms with Crippen molar-refractivity contribution in [2.45, 2.75) is 19.2 Å². The third-order valence-corrected chi connectivity index (χ3v) is 4.41. The van der Waals surface area contributed by atoms with Crippen molar-refractivity contribution in [3.63, 3.8) is 0 Å². The van der Waals surface area contributed by atoms with Crippen LogP contribution in [0.4, 0.5) is 0 Å². The van der Waals surface area contributed by atoms with Gasteiger partial charge in [0.2, 0.25) is 5.91 Å². The van der Waals surface area contributed by atoms with Crippen LogP contribution in [-0.2, 0) is 21.8 Å². The highest BCUT2D eigenvalue weighted by Gasteiger charge is 2.15. The van der Waals surface area contributed by atoms with Crippen LogP contribution in [0.2, 0.25) is 0 Å². The first-order chi connectivity index (χ1) is 11.2. The molecule has 1 heterocycles. The summed E-state index contributed by atoms with van der Waals surface area (Å²) in [6.07, 6.45) is 1.63. The number of carbonyl (C=O) groups is 1. The molecule has 0 aliphatic carbocycles. The van der Waals surface area contributed by atoms with Crippen molar-refractivity contribution in [2.24, 2.45) is 0 Å². The van der Waals surface area contributed by atoms with Crippen LogP contribution in [0.25, 0.3) is 0 Å². The Morgan fingerprint density at radius 2 is 2.17 bits per heavy atom. The van der Waals surface area contributed by atoms with E-state index in [1.54, 1.807) is 30.0 Å². The molecule has 0 spiro atoms. The molecule has 5 heteroatoms. The Bertz CT molecular complexity index is 598. The van der Waals surface area contributed by atoms with E-state index >= 15 is 0 Å². The van der Waals surface area contributed by atoms with E-state index in [1.165, 1.54) is 11.1 Å². The summed E-state index contributed by atoms with van der Waals surface area (Å²) in [5.41, 5.74) is 2.49. The van der Waals surface area contributed by atoms with Gasteiger partial charge in [0.15, 0.2) is 0 Å². The number of furan rings is 1. The second kappa shape index (κ2) is 9.43. The minimum Gasteiger partial charge on any atom is -0.467 e. The van der Waals surface area contributed by atoms with Gasteiger partial charge in [-0.2, -0.15) is 0 Å². The molecule has 0 N–H and O–H groups in total. The van der Waals surface area contributed by atoms with Crippen LogP contribution in [0, 0.1) is 6.92 Å². The Hall–Kier alpha value is -1.72. The lowest BCUT2D eigenvalue weighted by Gasteiger charge is -2.21. The van der Waals surface area contributed by atoms with Gasteiger partial charge in [-0.3, -0.25) is 4.79 Å². The summed E-state index contributed by atoms with van der Waals surface area (Å²) >= 11 is 1.63. The number of ether oxygens (including phenoxy) is 1. The van der Waals surface area contributed by atoms with E-state index in [0.29, 0.717) is 25.4 Å². The van der Waals surface area contributed by atoms with Gasteiger partial charge in [-0.15, -0.1) is 11.8 Å². The summed E-state index contributed by atoms with van der Waals surface area (Å²) in [5.74, 6) is 2.19. The van der Waals surface area contributed by atoms with Crippen molar-refractivity contribution in [3.8, 4) is 0 Å². The van der Waals surface area contributed by atoms with Crippen molar-refractivity contribution >= 4 is 17.7 Å². The van der Waals surface area contributed by atoms with Crippen LogP contribution in [0.1, 0.15) is 16.9 Å². The van der Waals surface area contributed by atoms with E-state index in [1.807, 2.05) is 12.1 Å². The van der Waals surface area contributed by atoms with Crippen LogP contribution >= 0.6 is 11.8 Å². The second-order valence-corrected chi connectivity index (χ2v) is 6.35. The van der Waals surface area contributed by atoms with Crippen LogP contribution in [-0.4, -0.2) is 36.8 Å². The second-order valence-electron chi connectivity index (χ2n) is 5.37. The number of rotatable bonds is 9. The molecule has 0 saturated heterocycles. The number of amides is 1. The number of hydrogen-bond acceptors (Lipinski definition) is 4. The maximum absolute atomic E-state index is 12.4. The highest BCUT2D eigenvalue weighted by atomic mass is 32.2. The van der Waals surface area contributed by atoms with Crippen LogP contribution < -0.4 is 0 Å². The van der Waals surface area contributed by atoms with Gasteiger partial charge in [-0.1, -0.05) is 29.8 Å². The average molecular weight is 333 g/mol. The molecular weight excluding hydrogens is 310 g/mol. The lowest BCUT2D eigenvalue weighted by Crippen LogP contribution is -2.34. The first-order valence-electron chi connectivity index (χ1n) is 7.61. The van der Waals surface area contributed by atoms with Crippen molar-refractivity contribution in [2.75, 3.05) is 26.0 Å². The molecule has 124 valence electrons. The van der Waals surface area contributed by atoms with E-state index < -0.39 is 0 Å². The molecule has 0 unspecified atom stereocenters. The van der Waals surface area contributed by atoms with Crippen molar-refractivity contribution < 1.29 is 13.9 Å². The molecule has 0 aliphatic rings. The number of aryl methyl sites for hydroxylation is 1. The van der Waals surface area contributed by atoms with Gasteiger partial charge in [-0.25, -0.2) is 0 Å². The lowest BCUT2D eigenvalue weighted by molar-refractivity contribution is -0.129. The number of thioether (sulfide) groups is 1. The molecule has 23 heavy (non-hydrogen) atoms. The van der Waals surface area contributed by atoms with Gasteiger partial charge >= 0.3 is 0 Å². The molecule has 2 rings (SSSR count). The standard InChI is InChI=1S/C18H23NO3S/c1-15-5-3-6-16(11-15)13-23-14-18(20)19(8-10-21-2)12-17-7-4-9-22-17/h3-7,9,11H,8,10,12-14H2,1-2H3. The van der Waals surface area contributed by atoms with Gasteiger partial charge in [-0.05, 0) is 24.6 Å². The fourth-order valence-corrected chi connectivity index (χ4v) is 3.11. The summed E-state index contributed by atoms with van der Waals surface area (Å²) in [4.78, 5) is 14.2. The minimum atomic E-state index is 0.108. The highest BCUT2D eigenvalue weighted by Crippen LogP contribution is 2.15. The van der Waals surface area contributed by atoms with Crippen LogP contribution in [0.15, 0.2) is 47.1 Å². The molecular formula is C18H23NO3S. The molecule has 0 atom stereocenters. The predicted octanol–water partition coefficient (Wildman–Crippen LogP) is 3.50. The molecule has 1 amide bonds. The Morgan fingerprint density at radius 1 is 1.30 bits per heavy atom. The zero-order chi connectivity index (χ0) is 16.5. The average Bonchev–Trinajstić information content (AvgIpc) is 3.04. The number of hydrogen-bond donors (Lipinski definition) is 0. The quantitative estimate of drug-likeness (QED) is 0.704. The smallest absolute Gasteiger partial charge is 0.233 e. The summed E-state index contributed by atoms with van der Waals surface area (Å²) < 4.78 is 10.4. The van der Waals surface area contributed by atoms with Crippen LogP contribution in [0.5, 0.6) is 0 Å². The SMILES string of the molecule is COCCN(Cc1ccco1)C(=O)CSCc1cccc(C)c1. The van der Waals surface area contributed by atoms with E-state index in [-0.39, 0.29) is 5.91 Å². The van der Waals surface area contributed by atoms with Crippen molar-refractivity contribution in [1.29, 1.82) is 0 Å². The topological polar surface area (TPSA) is 42.7 Å². The van der Waals surface area contributed by atoms with Gasteiger partial charge in [0, 0.05) is 19.4 Å². The van der Waals surface area contributed by atoms with E-state index in [2.05, 4.69) is 31.2 Å². The Labute approximate surface area is 141 Å². The minimum absolute atomic E-state index is 0.108. The molecule has 0 aliphatic heterocycles. The maximum Gasteiger partial charge on any atom is 0.233 e. The summed E-state index contributed by atoms with van der Waals surface area (Å²) in [5, 5.41) is 0. The Morgan fingerprint density at radius 3 is 2.87 bits per heavy atom.